The molecule has 0 saturated carbocycles. The fourth-order valence-electron chi connectivity index (χ4n) is 1.28. The molecule has 1 aromatic carbocycles. The molecule has 0 fully saturated rings. The molecule has 2 nitrogen and oxygen atoms in total. The Morgan fingerprint density at radius 3 is 2.73 bits per heavy atom. The number of hydrogen-bond acceptors (Lipinski definition) is 2. The largest absolute Gasteiger partial charge is 0.426 e. The number of ether oxygens (including phenoxy) is 1. The van der Waals surface area contributed by atoms with Gasteiger partial charge in [0.05, 0.1) is 0 Å². The van der Waals surface area contributed by atoms with Crippen LogP contribution in [0.5, 0.6) is 5.75 Å². The summed E-state index contributed by atoms with van der Waals surface area (Å²) in [6.45, 7) is 3.97. The molecule has 0 saturated heterocycles. The van der Waals surface area contributed by atoms with E-state index in [1.807, 2.05) is 38.1 Å². The molecule has 1 aromatic rings. The van der Waals surface area contributed by atoms with E-state index in [2.05, 4.69) is 15.9 Å². The second-order valence-electron chi connectivity index (χ2n) is 3.38. The van der Waals surface area contributed by atoms with Gasteiger partial charge in [-0.3, -0.25) is 4.79 Å². The number of halogens is 1. The Morgan fingerprint density at radius 1 is 1.47 bits per heavy atom. The molecule has 0 aliphatic rings. The molecule has 0 radical (unpaired) electrons. The molecule has 82 valence electrons. The maximum Gasteiger partial charge on any atom is 0.311 e. The molecule has 0 amide bonds. The highest BCUT2D eigenvalue weighted by atomic mass is 79.9. The standard InChI is InChI=1S/C12H15BrO2/c1-3-6-12(14)15-11-8-5-4-7-10(11)9(2)13/h4-5,7-9H,3,6H2,1-2H3. The summed E-state index contributed by atoms with van der Waals surface area (Å²) in [5, 5.41) is 0. The van der Waals surface area contributed by atoms with Crippen LogP contribution in [-0.2, 0) is 4.79 Å². The molecule has 1 rings (SSSR count). The quantitative estimate of drug-likeness (QED) is 0.472. The lowest BCUT2D eigenvalue weighted by molar-refractivity contribution is -0.134. The van der Waals surface area contributed by atoms with Gasteiger partial charge >= 0.3 is 5.97 Å². The summed E-state index contributed by atoms with van der Waals surface area (Å²) in [4.78, 5) is 11.5. The zero-order chi connectivity index (χ0) is 11.3. The molecule has 0 N–H and O–H groups in total. The normalized spacial score (nSPS) is 12.2. The number of rotatable bonds is 4. The first-order chi connectivity index (χ1) is 7.15. The van der Waals surface area contributed by atoms with Gasteiger partial charge in [0.1, 0.15) is 5.75 Å². The molecule has 0 spiro atoms. The maximum absolute atomic E-state index is 11.3. The third-order valence-electron chi connectivity index (χ3n) is 2.03. The lowest BCUT2D eigenvalue weighted by atomic mass is 10.1. The Balaban J connectivity index is 2.80. The van der Waals surface area contributed by atoms with Crippen molar-refractivity contribution in [2.24, 2.45) is 0 Å². The highest BCUT2D eigenvalue weighted by molar-refractivity contribution is 9.09. The summed E-state index contributed by atoms with van der Waals surface area (Å²) in [5.74, 6) is 0.485. The number of alkyl halides is 1. The second kappa shape index (κ2) is 5.91. The molecule has 0 bridgehead atoms. The van der Waals surface area contributed by atoms with Crippen LogP contribution in [0.2, 0.25) is 0 Å². The van der Waals surface area contributed by atoms with Crippen LogP contribution < -0.4 is 4.74 Å². The van der Waals surface area contributed by atoms with Crippen molar-refractivity contribution in [3.8, 4) is 5.75 Å². The van der Waals surface area contributed by atoms with Crippen molar-refractivity contribution in [2.75, 3.05) is 0 Å². The van der Waals surface area contributed by atoms with Crippen molar-refractivity contribution in [3.05, 3.63) is 29.8 Å². The highest BCUT2D eigenvalue weighted by Gasteiger charge is 2.11. The van der Waals surface area contributed by atoms with Gasteiger partial charge in [-0.05, 0) is 19.4 Å². The minimum atomic E-state index is -0.168. The Labute approximate surface area is 98.8 Å². The summed E-state index contributed by atoms with van der Waals surface area (Å²) >= 11 is 3.47. The minimum Gasteiger partial charge on any atom is -0.426 e. The van der Waals surface area contributed by atoms with E-state index in [9.17, 15) is 4.79 Å². The molecule has 0 aliphatic carbocycles. The van der Waals surface area contributed by atoms with Crippen LogP contribution in [0.1, 0.15) is 37.1 Å². The van der Waals surface area contributed by atoms with Gasteiger partial charge in [0, 0.05) is 16.8 Å². The zero-order valence-electron chi connectivity index (χ0n) is 9.00. The van der Waals surface area contributed by atoms with Crippen molar-refractivity contribution in [2.45, 2.75) is 31.5 Å². The van der Waals surface area contributed by atoms with Gasteiger partial charge in [-0.15, -0.1) is 0 Å². The van der Waals surface area contributed by atoms with Crippen LogP contribution >= 0.6 is 15.9 Å². The molecular weight excluding hydrogens is 256 g/mol. The summed E-state index contributed by atoms with van der Waals surface area (Å²) in [6.07, 6.45) is 1.27. The van der Waals surface area contributed by atoms with Gasteiger partial charge in [-0.25, -0.2) is 0 Å². The maximum atomic E-state index is 11.3. The van der Waals surface area contributed by atoms with E-state index in [0.29, 0.717) is 12.2 Å². The third kappa shape index (κ3) is 3.67. The summed E-state index contributed by atoms with van der Waals surface area (Å²) in [6, 6.07) is 7.58. The van der Waals surface area contributed by atoms with E-state index in [1.165, 1.54) is 0 Å². The Kier molecular flexibility index (Phi) is 4.82. The molecule has 3 heteroatoms. The molecule has 1 unspecified atom stereocenters. The Hall–Kier alpha value is -0.830. The number of para-hydroxylation sites is 1. The predicted octanol–water partition coefficient (Wildman–Crippen LogP) is 3.85. The van der Waals surface area contributed by atoms with Gasteiger partial charge in [-0.1, -0.05) is 41.1 Å². The lowest BCUT2D eigenvalue weighted by Crippen LogP contribution is -2.08. The predicted molar refractivity (Wildman–Crippen MR) is 64.3 cm³/mol. The fourth-order valence-corrected chi connectivity index (χ4v) is 1.66. The van der Waals surface area contributed by atoms with Gasteiger partial charge in [0.25, 0.3) is 0 Å². The number of carbonyl (C=O) groups excluding carboxylic acids is 1. The first-order valence-electron chi connectivity index (χ1n) is 5.08. The number of carbonyl (C=O) groups is 1. The van der Waals surface area contributed by atoms with Crippen LogP contribution in [0.4, 0.5) is 0 Å². The van der Waals surface area contributed by atoms with Crippen LogP contribution in [-0.4, -0.2) is 5.97 Å². The first kappa shape index (κ1) is 12.2. The monoisotopic (exact) mass is 270 g/mol. The van der Waals surface area contributed by atoms with Crippen molar-refractivity contribution in [3.63, 3.8) is 0 Å². The smallest absolute Gasteiger partial charge is 0.311 e. The van der Waals surface area contributed by atoms with Crippen LogP contribution in [0.25, 0.3) is 0 Å². The molecular formula is C12H15BrO2. The topological polar surface area (TPSA) is 26.3 Å². The van der Waals surface area contributed by atoms with Gasteiger partial charge in [-0.2, -0.15) is 0 Å². The van der Waals surface area contributed by atoms with E-state index < -0.39 is 0 Å². The van der Waals surface area contributed by atoms with Crippen LogP contribution in [0, 0.1) is 0 Å². The SMILES string of the molecule is CCCC(=O)Oc1ccccc1C(C)Br. The minimum absolute atomic E-state index is 0.168. The van der Waals surface area contributed by atoms with E-state index in [-0.39, 0.29) is 10.8 Å². The molecule has 0 heterocycles. The number of benzene rings is 1. The second-order valence-corrected chi connectivity index (χ2v) is 4.75. The van der Waals surface area contributed by atoms with E-state index in [0.717, 1.165) is 12.0 Å². The summed E-state index contributed by atoms with van der Waals surface area (Å²) in [5.41, 5.74) is 1.00. The molecule has 0 aromatic heterocycles. The number of hydrogen-bond donors (Lipinski definition) is 0. The number of esters is 1. The van der Waals surface area contributed by atoms with Crippen LogP contribution in [0.3, 0.4) is 0 Å². The highest BCUT2D eigenvalue weighted by Crippen LogP contribution is 2.30. The van der Waals surface area contributed by atoms with Crippen molar-refractivity contribution >= 4 is 21.9 Å². The first-order valence-corrected chi connectivity index (χ1v) is 6.00. The molecule has 1 atom stereocenters. The zero-order valence-corrected chi connectivity index (χ0v) is 10.6. The average molecular weight is 271 g/mol. The third-order valence-corrected chi connectivity index (χ3v) is 2.52. The van der Waals surface area contributed by atoms with Crippen molar-refractivity contribution in [1.29, 1.82) is 0 Å². The molecule has 0 aliphatic heterocycles. The summed E-state index contributed by atoms with van der Waals surface area (Å²) in [7, 11) is 0. The average Bonchev–Trinajstić information content (AvgIpc) is 2.18. The van der Waals surface area contributed by atoms with E-state index in [4.69, 9.17) is 4.74 Å². The fraction of sp³-hybridized carbons (Fsp3) is 0.417. The van der Waals surface area contributed by atoms with Crippen molar-refractivity contribution in [1.82, 2.24) is 0 Å². The van der Waals surface area contributed by atoms with Gasteiger partial charge < -0.3 is 4.74 Å². The van der Waals surface area contributed by atoms with Gasteiger partial charge in [0.2, 0.25) is 0 Å². The van der Waals surface area contributed by atoms with Gasteiger partial charge in [0.15, 0.2) is 0 Å². The molecule has 15 heavy (non-hydrogen) atoms. The van der Waals surface area contributed by atoms with Crippen molar-refractivity contribution < 1.29 is 9.53 Å². The van der Waals surface area contributed by atoms with E-state index in [1.54, 1.807) is 0 Å². The summed E-state index contributed by atoms with van der Waals surface area (Å²) < 4.78 is 5.28. The lowest BCUT2D eigenvalue weighted by Gasteiger charge is -2.10. The van der Waals surface area contributed by atoms with Crippen LogP contribution in [0.15, 0.2) is 24.3 Å². The Morgan fingerprint density at radius 2 is 2.13 bits per heavy atom. The van der Waals surface area contributed by atoms with E-state index >= 15 is 0 Å². The Bertz CT molecular complexity index is 334.